The summed E-state index contributed by atoms with van der Waals surface area (Å²) in [6.45, 7) is 10.2. The Morgan fingerprint density at radius 1 is 1.15 bits per heavy atom. The first kappa shape index (κ1) is 22.8. The minimum absolute atomic E-state index is 0.0917. The molecule has 1 aromatic carbocycles. The van der Waals surface area contributed by atoms with E-state index in [9.17, 15) is 4.79 Å². The van der Waals surface area contributed by atoms with Crippen LogP contribution in [0.3, 0.4) is 0 Å². The highest BCUT2D eigenvalue weighted by Crippen LogP contribution is 2.62. The molecule has 0 aliphatic heterocycles. The van der Waals surface area contributed by atoms with Crippen molar-refractivity contribution in [2.75, 3.05) is 7.11 Å². The van der Waals surface area contributed by atoms with Gasteiger partial charge in [0.2, 0.25) is 0 Å². The maximum Gasteiger partial charge on any atom is 0.253 e. The number of nitrogens with zero attached hydrogens (tertiary/aromatic N) is 1. The van der Waals surface area contributed by atoms with E-state index in [1.165, 1.54) is 57.8 Å². The van der Waals surface area contributed by atoms with Crippen molar-refractivity contribution in [1.29, 1.82) is 0 Å². The van der Waals surface area contributed by atoms with Crippen LogP contribution in [0.5, 0.6) is 5.75 Å². The van der Waals surface area contributed by atoms with Gasteiger partial charge < -0.3 is 14.6 Å². The average molecular weight is 451 g/mol. The van der Waals surface area contributed by atoms with Gasteiger partial charge in [-0.25, -0.2) is 0 Å². The number of ether oxygens (including phenoxy) is 1. The molecule has 3 aliphatic rings. The topological polar surface area (TPSA) is 43.3 Å². The number of benzene rings is 1. The molecule has 5 rings (SSSR count). The highest BCUT2D eigenvalue weighted by atomic mass is 16.5. The van der Waals surface area contributed by atoms with Gasteiger partial charge >= 0.3 is 0 Å². The van der Waals surface area contributed by atoms with Gasteiger partial charge in [0.15, 0.2) is 0 Å². The maximum absolute atomic E-state index is 13.9. The SMILES string of the molecule is COc1cccc2c(C(=O)NC3C4(C)CC[C@@H](C4)C3(C)C)c(C)n(CCC3CCCCC3)c12. The normalized spacial score (nSPS) is 29.0. The van der Waals surface area contributed by atoms with E-state index in [1.54, 1.807) is 7.11 Å². The zero-order valence-electron chi connectivity index (χ0n) is 21.3. The number of hydrogen-bond donors (Lipinski definition) is 1. The number of para-hydroxylation sites is 1. The van der Waals surface area contributed by atoms with E-state index in [4.69, 9.17) is 4.74 Å². The molecule has 3 fully saturated rings. The largest absolute Gasteiger partial charge is 0.495 e. The average Bonchev–Trinajstić information content (AvgIpc) is 3.39. The molecule has 0 saturated heterocycles. The molecule has 1 amide bonds. The number of carbonyl (C=O) groups excluding carboxylic acids is 1. The Morgan fingerprint density at radius 2 is 1.91 bits per heavy atom. The predicted molar refractivity (Wildman–Crippen MR) is 135 cm³/mol. The number of aromatic nitrogens is 1. The van der Waals surface area contributed by atoms with E-state index in [1.807, 2.05) is 12.1 Å². The first-order valence-electron chi connectivity index (χ1n) is 13.2. The zero-order chi connectivity index (χ0) is 23.4. The lowest BCUT2D eigenvalue weighted by molar-refractivity contribution is 0.0738. The Balaban J connectivity index is 1.49. The summed E-state index contributed by atoms with van der Waals surface area (Å²) < 4.78 is 8.14. The second-order valence-electron chi connectivity index (χ2n) is 12.1. The van der Waals surface area contributed by atoms with Gasteiger partial charge in [-0.1, -0.05) is 65.0 Å². The molecule has 3 saturated carbocycles. The van der Waals surface area contributed by atoms with Crippen LogP contribution in [-0.4, -0.2) is 23.6 Å². The van der Waals surface area contributed by atoms with Crippen molar-refractivity contribution in [1.82, 2.24) is 9.88 Å². The maximum atomic E-state index is 13.9. The van der Waals surface area contributed by atoms with Crippen LogP contribution in [0, 0.1) is 29.6 Å². The number of aryl methyl sites for hydroxylation is 1. The summed E-state index contributed by atoms with van der Waals surface area (Å²) in [4.78, 5) is 13.9. The van der Waals surface area contributed by atoms with Crippen molar-refractivity contribution >= 4 is 16.8 Å². The third-order valence-electron chi connectivity index (χ3n) is 9.78. The van der Waals surface area contributed by atoms with Crippen LogP contribution in [0.25, 0.3) is 10.9 Å². The highest BCUT2D eigenvalue weighted by molar-refractivity contribution is 6.09. The number of nitrogens with one attached hydrogen (secondary N) is 1. The van der Waals surface area contributed by atoms with Gasteiger partial charge in [-0.2, -0.15) is 0 Å². The number of rotatable bonds is 6. The first-order chi connectivity index (χ1) is 15.8. The Bertz CT molecular complexity index is 1040. The summed E-state index contributed by atoms with van der Waals surface area (Å²) in [5, 5.41) is 4.58. The van der Waals surface area contributed by atoms with Gasteiger partial charge in [-0.3, -0.25) is 4.79 Å². The zero-order valence-corrected chi connectivity index (χ0v) is 21.3. The van der Waals surface area contributed by atoms with Crippen LogP contribution in [0.15, 0.2) is 18.2 Å². The molecule has 4 heteroatoms. The standard InChI is InChI=1S/C29H42N2O2/c1-19-24(26(32)30-27-28(2,3)21-14-16-29(27,4)18-21)22-12-9-13-23(33-5)25(22)31(19)17-15-20-10-7-6-8-11-20/h9,12-13,20-21,27H,6-8,10-11,14-18H2,1-5H3,(H,30,32)/t21-,27?,29?/m0/s1. The number of methoxy groups -OCH3 is 1. The molecule has 0 radical (unpaired) electrons. The van der Waals surface area contributed by atoms with Gasteiger partial charge in [0.1, 0.15) is 5.75 Å². The van der Waals surface area contributed by atoms with E-state index in [-0.39, 0.29) is 22.8 Å². The van der Waals surface area contributed by atoms with E-state index in [0.717, 1.165) is 40.4 Å². The van der Waals surface area contributed by atoms with Crippen molar-refractivity contribution in [3.63, 3.8) is 0 Å². The molecule has 0 spiro atoms. The monoisotopic (exact) mass is 450 g/mol. The molecule has 3 aliphatic carbocycles. The van der Waals surface area contributed by atoms with Gasteiger partial charge in [-0.15, -0.1) is 0 Å². The summed E-state index contributed by atoms with van der Waals surface area (Å²) in [7, 11) is 1.74. The molecule has 1 N–H and O–H groups in total. The lowest BCUT2D eigenvalue weighted by Gasteiger charge is -2.43. The predicted octanol–water partition coefficient (Wildman–Crippen LogP) is 6.87. The van der Waals surface area contributed by atoms with Gasteiger partial charge in [0.05, 0.1) is 18.2 Å². The fourth-order valence-electron chi connectivity index (χ4n) is 7.88. The Kier molecular flexibility index (Phi) is 5.77. The van der Waals surface area contributed by atoms with Crippen molar-refractivity contribution in [3.05, 3.63) is 29.5 Å². The molecule has 1 heterocycles. The molecule has 2 unspecified atom stereocenters. The lowest BCUT2D eigenvalue weighted by Crippen LogP contribution is -2.52. The molecule has 4 nitrogen and oxygen atoms in total. The summed E-state index contributed by atoms with van der Waals surface area (Å²) >= 11 is 0. The van der Waals surface area contributed by atoms with Crippen LogP contribution in [-0.2, 0) is 6.54 Å². The first-order valence-corrected chi connectivity index (χ1v) is 13.2. The van der Waals surface area contributed by atoms with Gasteiger partial charge in [0.25, 0.3) is 5.91 Å². The second kappa shape index (κ2) is 8.36. The number of amides is 1. The summed E-state index contributed by atoms with van der Waals surface area (Å²) in [6, 6.07) is 6.37. The fraction of sp³-hybridized carbons (Fsp3) is 0.690. The van der Waals surface area contributed by atoms with Gasteiger partial charge in [-0.05, 0) is 61.3 Å². The van der Waals surface area contributed by atoms with E-state index < -0.39 is 0 Å². The highest BCUT2D eigenvalue weighted by Gasteiger charge is 2.59. The molecular formula is C29H42N2O2. The molecule has 2 aromatic rings. The molecule has 180 valence electrons. The Labute approximate surface area is 199 Å². The molecule has 33 heavy (non-hydrogen) atoms. The summed E-state index contributed by atoms with van der Waals surface area (Å²) in [5.41, 5.74) is 3.36. The number of carbonyl (C=O) groups is 1. The third kappa shape index (κ3) is 3.68. The van der Waals surface area contributed by atoms with Crippen LogP contribution < -0.4 is 10.1 Å². The van der Waals surface area contributed by atoms with Crippen molar-refractivity contribution in [2.45, 2.75) is 98.1 Å². The van der Waals surface area contributed by atoms with Crippen molar-refractivity contribution in [2.24, 2.45) is 22.7 Å². The van der Waals surface area contributed by atoms with Crippen LogP contribution in [0.1, 0.15) is 94.6 Å². The van der Waals surface area contributed by atoms with E-state index in [0.29, 0.717) is 5.92 Å². The molecule has 3 atom stereocenters. The summed E-state index contributed by atoms with van der Waals surface area (Å²) in [6.07, 6.45) is 11.7. The van der Waals surface area contributed by atoms with Crippen LogP contribution in [0.4, 0.5) is 0 Å². The lowest BCUT2D eigenvalue weighted by atomic mass is 9.68. The molecular weight excluding hydrogens is 408 g/mol. The van der Waals surface area contributed by atoms with Gasteiger partial charge in [0, 0.05) is 23.7 Å². The van der Waals surface area contributed by atoms with Crippen LogP contribution >= 0.6 is 0 Å². The smallest absolute Gasteiger partial charge is 0.253 e. The third-order valence-corrected chi connectivity index (χ3v) is 9.78. The molecule has 1 aromatic heterocycles. The van der Waals surface area contributed by atoms with E-state index >= 15 is 0 Å². The molecule has 2 bridgehead atoms. The summed E-state index contributed by atoms with van der Waals surface area (Å²) in [5.74, 6) is 2.47. The Hall–Kier alpha value is -1.97. The minimum Gasteiger partial charge on any atom is -0.495 e. The second-order valence-corrected chi connectivity index (χ2v) is 12.1. The fourth-order valence-corrected chi connectivity index (χ4v) is 7.88. The van der Waals surface area contributed by atoms with Crippen molar-refractivity contribution < 1.29 is 9.53 Å². The quantitative estimate of drug-likeness (QED) is 0.522. The number of fused-ring (bicyclic) bond motifs is 3. The minimum atomic E-state index is 0.0917. The Morgan fingerprint density at radius 3 is 2.58 bits per heavy atom. The van der Waals surface area contributed by atoms with Crippen molar-refractivity contribution in [3.8, 4) is 5.75 Å². The van der Waals surface area contributed by atoms with Crippen LogP contribution in [0.2, 0.25) is 0 Å². The number of hydrogen-bond acceptors (Lipinski definition) is 2. The van der Waals surface area contributed by atoms with E-state index in [2.05, 4.69) is 43.6 Å².